The number of nitrogens with two attached hydrogens (primary N) is 1. The molecule has 0 aromatic heterocycles. The van der Waals surface area contributed by atoms with Gasteiger partial charge in [-0.05, 0) is 30.4 Å². The molecule has 0 aliphatic heterocycles. The van der Waals surface area contributed by atoms with Crippen molar-refractivity contribution in [3.05, 3.63) is 29.8 Å². The van der Waals surface area contributed by atoms with Crippen molar-refractivity contribution in [2.45, 2.75) is 43.7 Å². The van der Waals surface area contributed by atoms with Crippen LogP contribution >= 0.6 is 0 Å². The largest absolute Gasteiger partial charge is 0.326 e. The van der Waals surface area contributed by atoms with Crippen LogP contribution in [-0.4, -0.2) is 14.5 Å². The summed E-state index contributed by atoms with van der Waals surface area (Å²) in [5.41, 5.74) is 6.25. The molecule has 3 N–H and O–H groups in total. The average molecular weight is 268 g/mol. The second kappa shape index (κ2) is 5.38. The third-order valence-corrected chi connectivity index (χ3v) is 5.24. The van der Waals surface area contributed by atoms with Gasteiger partial charge in [0, 0.05) is 12.6 Å². The van der Waals surface area contributed by atoms with Crippen molar-refractivity contribution >= 4 is 10.0 Å². The molecule has 0 radical (unpaired) electrons. The number of hydrogen-bond acceptors (Lipinski definition) is 3. The van der Waals surface area contributed by atoms with Crippen molar-refractivity contribution in [2.75, 3.05) is 0 Å². The molecule has 100 valence electrons. The van der Waals surface area contributed by atoms with E-state index in [0.717, 1.165) is 19.3 Å². The first-order chi connectivity index (χ1) is 8.54. The summed E-state index contributed by atoms with van der Waals surface area (Å²) < 4.78 is 27.5. The summed E-state index contributed by atoms with van der Waals surface area (Å²) in [6.07, 6.45) is 3.10. The van der Waals surface area contributed by atoms with Crippen LogP contribution in [0.1, 0.15) is 31.7 Å². The molecule has 1 aromatic rings. The predicted molar refractivity (Wildman–Crippen MR) is 71.5 cm³/mol. The summed E-state index contributed by atoms with van der Waals surface area (Å²) >= 11 is 0. The number of nitrogens with one attached hydrogen (secondary N) is 1. The summed E-state index contributed by atoms with van der Waals surface area (Å²) in [5.74, 6) is 0.407. The SMILES string of the molecule is CC1CCCC1NS(=O)(=O)c1ccccc1CN. The molecule has 2 rings (SSSR count). The number of hydrogen-bond donors (Lipinski definition) is 2. The Hall–Kier alpha value is -0.910. The third-order valence-electron chi connectivity index (χ3n) is 3.65. The van der Waals surface area contributed by atoms with Gasteiger partial charge in [0.15, 0.2) is 0 Å². The average Bonchev–Trinajstić information content (AvgIpc) is 2.74. The molecule has 0 spiro atoms. The van der Waals surface area contributed by atoms with Crippen LogP contribution < -0.4 is 10.5 Å². The van der Waals surface area contributed by atoms with Gasteiger partial charge in [0.05, 0.1) is 4.90 Å². The molecule has 1 aliphatic carbocycles. The van der Waals surface area contributed by atoms with E-state index in [1.54, 1.807) is 24.3 Å². The van der Waals surface area contributed by atoms with E-state index in [1.165, 1.54) is 0 Å². The van der Waals surface area contributed by atoms with Crippen LogP contribution in [0.25, 0.3) is 0 Å². The van der Waals surface area contributed by atoms with Gasteiger partial charge < -0.3 is 5.73 Å². The molecule has 1 aliphatic rings. The Morgan fingerprint density at radius 2 is 2.06 bits per heavy atom. The summed E-state index contributed by atoms with van der Waals surface area (Å²) in [7, 11) is -3.45. The van der Waals surface area contributed by atoms with Crippen molar-refractivity contribution < 1.29 is 8.42 Å². The van der Waals surface area contributed by atoms with Gasteiger partial charge in [-0.1, -0.05) is 31.5 Å². The molecular weight excluding hydrogens is 248 g/mol. The Labute approximate surface area is 109 Å². The standard InChI is InChI=1S/C13H20N2O2S/c1-10-5-4-7-12(10)15-18(16,17)13-8-3-2-6-11(13)9-14/h2-3,6,8,10,12,15H,4-5,7,9,14H2,1H3. The molecule has 18 heavy (non-hydrogen) atoms. The molecule has 0 saturated heterocycles. The molecular formula is C13H20N2O2S. The molecule has 1 fully saturated rings. The third kappa shape index (κ3) is 2.74. The lowest BCUT2D eigenvalue weighted by Gasteiger charge is -2.18. The topological polar surface area (TPSA) is 72.2 Å². The normalized spacial score (nSPS) is 24.3. The quantitative estimate of drug-likeness (QED) is 0.871. The monoisotopic (exact) mass is 268 g/mol. The van der Waals surface area contributed by atoms with E-state index in [2.05, 4.69) is 11.6 Å². The maximum absolute atomic E-state index is 12.3. The van der Waals surface area contributed by atoms with Gasteiger partial charge in [-0.25, -0.2) is 13.1 Å². The molecule has 1 saturated carbocycles. The lowest BCUT2D eigenvalue weighted by atomic mass is 10.1. The zero-order valence-corrected chi connectivity index (χ0v) is 11.4. The van der Waals surface area contributed by atoms with E-state index in [9.17, 15) is 8.42 Å². The Bertz CT molecular complexity index is 513. The number of sulfonamides is 1. The van der Waals surface area contributed by atoms with Gasteiger partial charge in [-0.2, -0.15) is 0 Å². The smallest absolute Gasteiger partial charge is 0.241 e. The summed E-state index contributed by atoms with van der Waals surface area (Å²) in [4.78, 5) is 0.312. The first-order valence-electron chi connectivity index (χ1n) is 6.35. The minimum absolute atomic E-state index is 0.0563. The number of rotatable bonds is 4. The molecule has 5 heteroatoms. The maximum Gasteiger partial charge on any atom is 0.241 e. The highest BCUT2D eigenvalue weighted by molar-refractivity contribution is 7.89. The predicted octanol–water partition coefficient (Wildman–Crippen LogP) is 1.61. The van der Waals surface area contributed by atoms with Gasteiger partial charge in [-0.15, -0.1) is 0 Å². The van der Waals surface area contributed by atoms with E-state index in [1.807, 2.05) is 0 Å². The van der Waals surface area contributed by atoms with Crippen molar-refractivity contribution in [1.82, 2.24) is 4.72 Å². The van der Waals surface area contributed by atoms with Crippen LogP contribution in [0.4, 0.5) is 0 Å². The van der Waals surface area contributed by atoms with Gasteiger partial charge in [0.2, 0.25) is 10.0 Å². The van der Waals surface area contributed by atoms with Crippen molar-refractivity contribution in [3.63, 3.8) is 0 Å². The summed E-state index contributed by atoms with van der Waals surface area (Å²) in [6.45, 7) is 2.33. The van der Waals surface area contributed by atoms with Crippen LogP contribution in [0, 0.1) is 5.92 Å². The second-order valence-electron chi connectivity index (χ2n) is 4.95. The summed E-state index contributed by atoms with van der Waals surface area (Å²) in [6, 6.07) is 6.96. The zero-order valence-electron chi connectivity index (χ0n) is 10.6. The summed E-state index contributed by atoms with van der Waals surface area (Å²) in [5, 5.41) is 0. The highest BCUT2D eigenvalue weighted by Gasteiger charge is 2.29. The molecule has 4 nitrogen and oxygen atoms in total. The molecule has 2 atom stereocenters. The van der Waals surface area contributed by atoms with E-state index in [-0.39, 0.29) is 12.6 Å². The van der Waals surface area contributed by atoms with Crippen molar-refractivity contribution in [2.24, 2.45) is 11.7 Å². The van der Waals surface area contributed by atoms with Crippen LogP contribution in [0.5, 0.6) is 0 Å². The van der Waals surface area contributed by atoms with Gasteiger partial charge in [-0.3, -0.25) is 0 Å². The lowest BCUT2D eigenvalue weighted by molar-refractivity contribution is 0.476. The van der Waals surface area contributed by atoms with Crippen molar-refractivity contribution in [3.8, 4) is 0 Å². The Kier molecular flexibility index (Phi) is 4.04. The van der Waals surface area contributed by atoms with E-state index >= 15 is 0 Å². The molecule has 1 aromatic carbocycles. The minimum Gasteiger partial charge on any atom is -0.326 e. The fourth-order valence-corrected chi connectivity index (χ4v) is 4.15. The molecule has 0 bridgehead atoms. The van der Waals surface area contributed by atoms with Crippen LogP contribution in [-0.2, 0) is 16.6 Å². The minimum atomic E-state index is -3.45. The fourth-order valence-electron chi connectivity index (χ4n) is 2.52. The van der Waals surface area contributed by atoms with E-state index < -0.39 is 10.0 Å². The highest BCUT2D eigenvalue weighted by atomic mass is 32.2. The molecule has 2 unspecified atom stereocenters. The van der Waals surface area contributed by atoms with Gasteiger partial charge >= 0.3 is 0 Å². The van der Waals surface area contributed by atoms with Crippen LogP contribution in [0.3, 0.4) is 0 Å². The lowest BCUT2D eigenvalue weighted by Crippen LogP contribution is -2.36. The van der Waals surface area contributed by atoms with Crippen molar-refractivity contribution in [1.29, 1.82) is 0 Å². The van der Waals surface area contributed by atoms with E-state index in [0.29, 0.717) is 16.4 Å². The van der Waals surface area contributed by atoms with Crippen LogP contribution in [0.2, 0.25) is 0 Å². The number of benzene rings is 1. The fraction of sp³-hybridized carbons (Fsp3) is 0.538. The molecule has 0 heterocycles. The first kappa shape index (κ1) is 13.5. The van der Waals surface area contributed by atoms with E-state index in [4.69, 9.17) is 5.73 Å². The Morgan fingerprint density at radius 1 is 1.33 bits per heavy atom. The molecule has 0 amide bonds. The zero-order chi connectivity index (χ0) is 13.2. The highest BCUT2D eigenvalue weighted by Crippen LogP contribution is 2.26. The maximum atomic E-state index is 12.3. The first-order valence-corrected chi connectivity index (χ1v) is 7.83. The second-order valence-corrected chi connectivity index (χ2v) is 6.63. The van der Waals surface area contributed by atoms with Gasteiger partial charge in [0.1, 0.15) is 0 Å². The Balaban J connectivity index is 2.25. The van der Waals surface area contributed by atoms with Crippen LogP contribution in [0.15, 0.2) is 29.2 Å². The van der Waals surface area contributed by atoms with Gasteiger partial charge in [0.25, 0.3) is 0 Å². The Morgan fingerprint density at radius 3 is 2.67 bits per heavy atom.